The third-order valence-electron chi connectivity index (χ3n) is 8.12. The van der Waals surface area contributed by atoms with E-state index in [1.165, 1.54) is 90.0 Å². The molecule has 0 saturated heterocycles. The number of H-pyrrole nitrogens is 1. The second-order valence-corrected chi connectivity index (χ2v) is 12.5. The minimum Gasteiger partial charge on any atom is -0.497 e. The quantitative estimate of drug-likeness (QED) is 0.139. The lowest BCUT2D eigenvalue weighted by molar-refractivity contribution is -0.154. The van der Waals surface area contributed by atoms with Crippen molar-refractivity contribution in [2.75, 3.05) is 20.3 Å². The molecule has 0 aliphatic heterocycles. The molecule has 0 radical (unpaired) electrons. The van der Waals surface area contributed by atoms with Gasteiger partial charge in [0.25, 0.3) is 11.1 Å². The second kappa shape index (κ2) is 18.8. The van der Waals surface area contributed by atoms with Crippen LogP contribution in [0.15, 0.2) is 136 Å². The van der Waals surface area contributed by atoms with Gasteiger partial charge < -0.3 is 23.9 Å². The minimum atomic E-state index is -4.46. The highest BCUT2D eigenvalue weighted by Crippen LogP contribution is 2.25. The number of nitrogens with one attached hydrogen (secondary N) is 1. The van der Waals surface area contributed by atoms with E-state index in [1.54, 1.807) is 31.4 Å². The minimum absolute atomic E-state index is 0.00673. The number of methoxy groups -OCH3 is 1. The molecule has 0 atom stereocenters. The van der Waals surface area contributed by atoms with E-state index in [1.807, 2.05) is 12.1 Å². The number of aromatic amines is 1. The third kappa shape index (κ3) is 11.9. The number of halogens is 6. The molecule has 4 heterocycles. The Bertz CT molecular complexity index is 2680. The Hall–Kier alpha value is -7.84. The fraction of sp³-hybridized carbons (Fsp3) is 0.150. The third-order valence-corrected chi connectivity index (χ3v) is 8.12. The Morgan fingerprint density at radius 1 is 0.590 bits per heavy atom. The summed E-state index contributed by atoms with van der Waals surface area (Å²) in [5, 5.41) is 14.8. The topological polar surface area (TPSA) is 178 Å². The number of hydrogen-bond acceptors (Lipinski definition) is 12. The van der Waals surface area contributed by atoms with Gasteiger partial charge in [-0.2, -0.15) is 51.7 Å². The van der Waals surface area contributed by atoms with Gasteiger partial charge in [0.2, 0.25) is 0 Å². The highest BCUT2D eigenvalue weighted by Gasteiger charge is 2.29. The summed E-state index contributed by atoms with van der Waals surface area (Å²) in [5.41, 5.74) is 1.25. The van der Waals surface area contributed by atoms with E-state index in [0.717, 1.165) is 10.1 Å². The summed E-state index contributed by atoms with van der Waals surface area (Å²) in [7, 11) is 1.56. The van der Waals surface area contributed by atoms with E-state index in [0.29, 0.717) is 28.3 Å². The van der Waals surface area contributed by atoms with Crippen molar-refractivity contribution in [1.29, 1.82) is 0 Å². The van der Waals surface area contributed by atoms with Crippen molar-refractivity contribution < 1.29 is 45.3 Å². The lowest BCUT2D eigenvalue weighted by atomic mass is 10.2. The van der Waals surface area contributed by atoms with Gasteiger partial charge >= 0.3 is 24.1 Å². The first kappa shape index (κ1) is 42.8. The summed E-state index contributed by atoms with van der Waals surface area (Å²) in [6.07, 6.45) is -3.17. The van der Waals surface area contributed by atoms with Gasteiger partial charge in [0, 0.05) is 23.3 Å². The highest BCUT2D eigenvalue weighted by molar-refractivity contribution is 5.58. The number of ether oxygens (including phenoxy) is 4. The number of nitrogens with zero attached hydrogens (tertiary/aromatic N) is 7. The summed E-state index contributed by atoms with van der Waals surface area (Å²) < 4.78 is 96.2. The summed E-state index contributed by atoms with van der Waals surface area (Å²) in [4.78, 5) is 44.7. The van der Waals surface area contributed by atoms with Crippen molar-refractivity contribution in [1.82, 2.24) is 39.5 Å². The fourth-order valence-electron chi connectivity index (χ4n) is 5.31. The van der Waals surface area contributed by atoms with Crippen LogP contribution in [-0.4, -0.2) is 72.2 Å². The van der Waals surface area contributed by atoms with Crippen LogP contribution in [0.3, 0.4) is 0 Å². The van der Waals surface area contributed by atoms with E-state index < -0.39 is 42.4 Å². The lowest BCUT2D eigenvalue weighted by Gasteiger charge is -2.15. The molecule has 4 aromatic heterocycles. The molecular formula is C40H30F6N8O7. The number of benzene rings is 3. The van der Waals surface area contributed by atoms with Crippen molar-refractivity contribution in [3.8, 4) is 57.1 Å². The standard InChI is InChI=1S/C24H19F3N4O4.C16H11F3N4O3/c1-33-19-6-2-16(3-7-19)14-34-23-30-21(17-10-11-28-29-13-17)12-22(32)31(23)18-4-8-20(9-5-18)35-15-24(25,26)27;17-16(18,19)9-26-12-3-1-11(2-4-12)23-14(24)7-13(22-15(23)25)10-5-6-20-21-8-10/h2-13H,14-15H2,1H3;1-8H,9H2,(H,22,25). The van der Waals surface area contributed by atoms with Crippen LogP contribution in [-0.2, 0) is 6.61 Å². The van der Waals surface area contributed by atoms with Crippen molar-refractivity contribution >= 4 is 0 Å². The molecule has 0 unspecified atom stereocenters. The van der Waals surface area contributed by atoms with Gasteiger partial charge in [-0.3, -0.25) is 9.59 Å². The molecule has 314 valence electrons. The largest absolute Gasteiger partial charge is 0.497 e. The van der Waals surface area contributed by atoms with E-state index in [9.17, 15) is 40.7 Å². The molecule has 0 aliphatic rings. The Labute approximate surface area is 339 Å². The Kier molecular flexibility index (Phi) is 13.2. The molecule has 0 fully saturated rings. The van der Waals surface area contributed by atoms with Crippen LogP contribution in [0.4, 0.5) is 26.3 Å². The highest BCUT2D eigenvalue weighted by atomic mass is 19.4. The normalized spacial score (nSPS) is 11.3. The molecule has 0 aliphatic carbocycles. The molecule has 7 aromatic rings. The Morgan fingerprint density at radius 3 is 1.59 bits per heavy atom. The first-order chi connectivity index (χ1) is 29.2. The average molecular weight is 849 g/mol. The molecule has 0 amide bonds. The Morgan fingerprint density at radius 2 is 1.10 bits per heavy atom. The van der Waals surface area contributed by atoms with E-state index in [4.69, 9.17) is 14.2 Å². The molecule has 15 nitrogen and oxygen atoms in total. The van der Waals surface area contributed by atoms with Gasteiger partial charge in [0.15, 0.2) is 13.2 Å². The summed E-state index contributed by atoms with van der Waals surface area (Å²) in [6.45, 7) is -2.75. The zero-order valence-corrected chi connectivity index (χ0v) is 31.4. The lowest BCUT2D eigenvalue weighted by Crippen LogP contribution is -2.33. The molecule has 7 rings (SSSR count). The summed E-state index contributed by atoms with van der Waals surface area (Å²) in [5.74, 6) is 0.658. The van der Waals surface area contributed by atoms with Crippen molar-refractivity contribution in [2.24, 2.45) is 0 Å². The summed E-state index contributed by atoms with van der Waals surface area (Å²) in [6, 6.07) is 23.6. The zero-order chi connectivity index (χ0) is 43.6. The molecule has 3 aromatic carbocycles. The number of alkyl halides is 6. The maximum Gasteiger partial charge on any atom is 0.422 e. The molecule has 61 heavy (non-hydrogen) atoms. The monoisotopic (exact) mass is 848 g/mol. The second-order valence-electron chi connectivity index (χ2n) is 12.5. The van der Waals surface area contributed by atoms with Crippen LogP contribution in [0, 0.1) is 0 Å². The smallest absolute Gasteiger partial charge is 0.422 e. The van der Waals surface area contributed by atoms with Crippen molar-refractivity contribution in [3.05, 3.63) is 159 Å². The van der Waals surface area contributed by atoms with Crippen molar-refractivity contribution in [2.45, 2.75) is 19.0 Å². The predicted octanol–water partition coefficient (Wildman–Crippen LogP) is 6.14. The van der Waals surface area contributed by atoms with Gasteiger partial charge in [0.05, 0.1) is 54.7 Å². The van der Waals surface area contributed by atoms with E-state index in [2.05, 4.69) is 35.1 Å². The molecule has 0 bridgehead atoms. The van der Waals surface area contributed by atoms with Crippen LogP contribution in [0.1, 0.15) is 5.56 Å². The van der Waals surface area contributed by atoms with Crippen molar-refractivity contribution in [3.63, 3.8) is 0 Å². The SMILES string of the molecule is COc1ccc(COc2nc(-c3ccnnc3)cc(=O)n2-c2ccc(OCC(F)(F)F)cc2)cc1.O=c1cc(-c2ccnnc2)[nH]c(=O)n1-c1ccc(OCC(F)(F)F)cc1. The maximum atomic E-state index is 13.1. The number of hydrogen-bond donors (Lipinski definition) is 1. The molecule has 0 saturated carbocycles. The van der Waals surface area contributed by atoms with Crippen LogP contribution < -0.4 is 35.8 Å². The number of rotatable bonds is 12. The van der Waals surface area contributed by atoms with Gasteiger partial charge in [0.1, 0.15) is 23.9 Å². The van der Waals surface area contributed by atoms with Gasteiger partial charge in [-0.15, -0.1) is 0 Å². The zero-order valence-electron chi connectivity index (χ0n) is 31.4. The molecule has 0 spiro atoms. The molecule has 1 N–H and O–H groups in total. The van der Waals surface area contributed by atoms with Crippen LogP contribution in [0.5, 0.6) is 23.3 Å². The molecule has 21 heteroatoms. The van der Waals surface area contributed by atoms with Gasteiger partial charge in [-0.1, -0.05) is 12.1 Å². The number of aromatic nitrogens is 8. The van der Waals surface area contributed by atoms with E-state index >= 15 is 0 Å². The average Bonchev–Trinajstić information content (AvgIpc) is 3.25. The van der Waals surface area contributed by atoms with Crippen LogP contribution >= 0.6 is 0 Å². The maximum absolute atomic E-state index is 13.1. The first-order valence-electron chi connectivity index (χ1n) is 17.6. The Balaban J connectivity index is 0.000000213. The first-order valence-corrected chi connectivity index (χ1v) is 17.6. The van der Waals surface area contributed by atoms with Gasteiger partial charge in [-0.05, 0) is 78.4 Å². The van der Waals surface area contributed by atoms with Gasteiger partial charge in [-0.25, -0.2) is 13.9 Å². The summed E-state index contributed by atoms with van der Waals surface area (Å²) >= 11 is 0. The molecular weight excluding hydrogens is 818 g/mol. The predicted molar refractivity (Wildman–Crippen MR) is 205 cm³/mol. The van der Waals surface area contributed by atoms with E-state index in [-0.39, 0.29) is 35.5 Å². The fourth-order valence-corrected chi connectivity index (χ4v) is 5.31. The van der Waals surface area contributed by atoms with Crippen LogP contribution in [0.25, 0.3) is 33.9 Å². The van der Waals surface area contributed by atoms with Crippen LogP contribution in [0.2, 0.25) is 0 Å².